The molecule has 0 aromatic carbocycles. The van der Waals surface area contributed by atoms with Gasteiger partial charge in [0.2, 0.25) is 0 Å². The van der Waals surface area contributed by atoms with Gasteiger partial charge >= 0.3 is 0 Å². The van der Waals surface area contributed by atoms with E-state index in [1.165, 1.54) is 19.3 Å². The number of ether oxygens (including phenoxy) is 1. The van der Waals surface area contributed by atoms with E-state index in [0.717, 1.165) is 17.7 Å². The first-order chi connectivity index (χ1) is 6.38. The highest BCUT2D eigenvalue weighted by atomic mass is 16.5. The third-order valence-electron chi connectivity index (χ3n) is 3.61. The van der Waals surface area contributed by atoms with E-state index in [4.69, 9.17) is 4.74 Å². The highest BCUT2D eigenvalue weighted by Crippen LogP contribution is 2.49. The van der Waals surface area contributed by atoms with Gasteiger partial charge in [-0.1, -0.05) is 12.2 Å². The smallest absolute Gasteiger partial charge is 0.190 e. The van der Waals surface area contributed by atoms with E-state index in [1.54, 1.807) is 7.11 Å². The minimum Gasteiger partial charge on any atom is -0.484 e. The summed E-state index contributed by atoms with van der Waals surface area (Å²) >= 11 is 0. The summed E-state index contributed by atoms with van der Waals surface area (Å²) in [5, 5.41) is 0. The Morgan fingerprint density at radius 3 is 3.15 bits per heavy atom. The van der Waals surface area contributed by atoms with Crippen LogP contribution in [0.1, 0.15) is 19.3 Å². The molecule has 0 saturated heterocycles. The summed E-state index contributed by atoms with van der Waals surface area (Å²) in [6.45, 7) is 0. The summed E-state index contributed by atoms with van der Waals surface area (Å²) in [6, 6.07) is 0.441. The Kier molecular flexibility index (Phi) is 1.52. The molecule has 2 bridgehead atoms. The molecule has 4 rings (SSSR count). The van der Waals surface area contributed by atoms with Gasteiger partial charge in [-0.25, -0.2) is 4.99 Å². The van der Waals surface area contributed by atoms with Crippen molar-refractivity contribution < 1.29 is 4.74 Å². The van der Waals surface area contributed by atoms with Crippen molar-refractivity contribution in [2.45, 2.75) is 25.3 Å². The topological polar surface area (TPSA) is 21.6 Å². The average molecular weight is 177 g/mol. The predicted octanol–water partition coefficient (Wildman–Crippen LogP) is 2.02. The highest BCUT2D eigenvalue weighted by molar-refractivity contribution is 5.82. The summed E-state index contributed by atoms with van der Waals surface area (Å²) in [5.41, 5.74) is 0. The zero-order valence-corrected chi connectivity index (χ0v) is 7.94. The molecule has 0 N–H and O–H groups in total. The van der Waals surface area contributed by atoms with Gasteiger partial charge in [-0.2, -0.15) is 0 Å². The molecule has 0 spiro atoms. The van der Waals surface area contributed by atoms with Crippen molar-refractivity contribution >= 4 is 5.90 Å². The predicted molar refractivity (Wildman–Crippen MR) is 51.7 cm³/mol. The Morgan fingerprint density at radius 1 is 1.38 bits per heavy atom. The lowest BCUT2D eigenvalue weighted by atomic mass is 9.92. The third-order valence-corrected chi connectivity index (χ3v) is 3.61. The van der Waals surface area contributed by atoms with E-state index in [9.17, 15) is 0 Å². The molecule has 2 aliphatic heterocycles. The van der Waals surface area contributed by atoms with Gasteiger partial charge in [0.25, 0.3) is 0 Å². The fraction of sp³-hybridized carbons (Fsp3) is 0.727. The maximum Gasteiger partial charge on any atom is 0.190 e. The second-order valence-corrected chi connectivity index (χ2v) is 4.39. The van der Waals surface area contributed by atoms with E-state index < -0.39 is 0 Å². The molecule has 0 aromatic rings. The lowest BCUT2D eigenvalue weighted by Gasteiger charge is -2.24. The van der Waals surface area contributed by atoms with Gasteiger partial charge in [-0.15, -0.1) is 0 Å². The van der Waals surface area contributed by atoms with E-state index in [2.05, 4.69) is 17.1 Å². The Labute approximate surface area is 78.7 Å². The molecule has 1 fully saturated rings. The lowest BCUT2D eigenvalue weighted by Crippen LogP contribution is -2.25. The number of nitrogens with zero attached hydrogens (tertiary/aromatic N) is 1. The third kappa shape index (κ3) is 1.11. The molecule has 4 unspecified atom stereocenters. The number of hydrogen-bond donors (Lipinski definition) is 0. The average Bonchev–Trinajstić information content (AvgIpc) is 2.88. The van der Waals surface area contributed by atoms with E-state index >= 15 is 0 Å². The van der Waals surface area contributed by atoms with Crippen molar-refractivity contribution in [3.05, 3.63) is 12.2 Å². The van der Waals surface area contributed by atoms with E-state index in [0.29, 0.717) is 12.0 Å². The standard InChI is InChI=1S/C11H15NO/c1-13-11-7-2-3-8-6-9(8)10(12-11)5-4-7/h4-5,7-10H,2-3,6H2,1H3. The zero-order valence-electron chi connectivity index (χ0n) is 7.94. The SMILES string of the molecule is COC1=NC2C=CC1CCC1CC12. The van der Waals surface area contributed by atoms with Gasteiger partial charge in [0.05, 0.1) is 19.1 Å². The van der Waals surface area contributed by atoms with Gasteiger partial charge in [0, 0.05) is 0 Å². The summed E-state index contributed by atoms with van der Waals surface area (Å²) in [6.07, 6.45) is 8.58. The fourth-order valence-electron chi connectivity index (χ4n) is 2.69. The Bertz CT molecular complexity index is 282. The van der Waals surface area contributed by atoms with Crippen molar-refractivity contribution in [2.75, 3.05) is 7.11 Å². The number of dihydropyridines is 1. The monoisotopic (exact) mass is 177 g/mol. The molecule has 0 amide bonds. The second kappa shape index (κ2) is 2.60. The van der Waals surface area contributed by atoms with Crippen molar-refractivity contribution in [3.63, 3.8) is 0 Å². The van der Waals surface area contributed by atoms with Crippen LogP contribution in [-0.2, 0) is 4.74 Å². The molecule has 1 saturated carbocycles. The van der Waals surface area contributed by atoms with Crippen molar-refractivity contribution in [3.8, 4) is 0 Å². The first kappa shape index (κ1) is 7.60. The summed E-state index contributed by atoms with van der Waals surface area (Å²) in [4.78, 5) is 4.65. The second-order valence-electron chi connectivity index (χ2n) is 4.39. The van der Waals surface area contributed by atoms with Gasteiger partial charge in [-0.3, -0.25) is 0 Å². The first-order valence-corrected chi connectivity index (χ1v) is 5.18. The first-order valence-electron chi connectivity index (χ1n) is 5.18. The summed E-state index contributed by atoms with van der Waals surface area (Å²) in [7, 11) is 1.74. The molecule has 2 nitrogen and oxygen atoms in total. The van der Waals surface area contributed by atoms with Crippen molar-refractivity contribution in [2.24, 2.45) is 22.7 Å². The molecule has 2 heterocycles. The van der Waals surface area contributed by atoms with Crippen LogP contribution in [0.4, 0.5) is 0 Å². The number of rotatable bonds is 0. The van der Waals surface area contributed by atoms with Crippen LogP contribution in [0.3, 0.4) is 0 Å². The van der Waals surface area contributed by atoms with Crippen LogP contribution in [0.2, 0.25) is 0 Å². The largest absolute Gasteiger partial charge is 0.484 e. The minimum atomic E-state index is 0.441. The minimum absolute atomic E-state index is 0.441. The highest BCUT2D eigenvalue weighted by Gasteiger charge is 2.45. The molecule has 4 atom stereocenters. The molecular formula is C11H15NO. The van der Waals surface area contributed by atoms with Gasteiger partial charge in [-0.05, 0) is 31.1 Å². The molecule has 4 aliphatic rings. The fourth-order valence-corrected chi connectivity index (χ4v) is 2.69. The van der Waals surface area contributed by atoms with Crippen LogP contribution in [0.5, 0.6) is 0 Å². The van der Waals surface area contributed by atoms with Crippen molar-refractivity contribution in [1.82, 2.24) is 0 Å². The van der Waals surface area contributed by atoms with E-state index in [-0.39, 0.29) is 0 Å². The number of methoxy groups -OCH3 is 1. The molecular weight excluding hydrogens is 162 g/mol. The van der Waals surface area contributed by atoms with Gasteiger partial charge < -0.3 is 4.74 Å². The lowest BCUT2D eigenvalue weighted by molar-refractivity contribution is 0.352. The molecule has 70 valence electrons. The summed E-state index contributed by atoms with van der Waals surface area (Å²) < 4.78 is 5.33. The maximum absolute atomic E-state index is 5.33. The van der Waals surface area contributed by atoms with Crippen LogP contribution in [0.25, 0.3) is 0 Å². The molecule has 0 radical (unpaired) electrons. The Balaban J connectivity index is 1.93. The van der Waals surface area contributed by atoms with Crippen molar-refractivity contribution in [1.29, 1.82) is 0 Å². The number of hydrogen-bond acceptors (Lipinski definition) is 2. The van der Waals surface area contributed by atoms with Crippen LogP contribution < -0.4 is 0 Å². The molecule has 0 aromatic heterocycles. The van der Waals surface area contributed by atoms with Crippen LogP contribution in [0, 0.1) is 17.8 Å². The molecule has 2 aliphatic carbocycles. The number of fused-ring (bicyclic) bond motifs is 1. The quantitative estimate of drug-likeness (QED) is 0.519. The number of aliphatic imine (C=N–C) groups is 1. The van der Waals surface area contributed by atoms with Gasteiger partial charge in [0.1, 0.15) is 0 Å². The Morgan fingerprint density at radius 2 is 2.31 bits per heavy atom. The molecule has 2 heteroatoms. The van der Waals surface area contributed by atoms with Gasteiger partial charge in [0.15, 0.2) is 5.90 Å². The summed E-state index contributed by atoms with van der Waals surface area (Å²) in [5.74, 6) is 3.25. The zero-order chi connectivity index (χ0) is 8.84. The Hall–Kier alpha value is -0.790. The maximum atomic E-state index is 5.33. The van der Waals surface area contributed by atoms with E-state index in [1.807, 2.05) is 0 Å². The molecule has 13 heavy (non-hydrogen) atoms. The van der Waals surface area contributed by atoms with Crippen LogP contribution >= 0.6 is 0 Å². The normalized spacial score (nSPS) is 46.1. The van der Waals surface area contributed by atoms with Crippen LogP contribution in [-0.4, -0.2) is 19.0 Å². The van der Waals surface area contributed by atoms with Crippen LogP contribution in [0.15, 0.2) is 17.1 Å².